The third-order valence-electron chi connectivity index (χ3n) is 4.78. The van der Waals surface area contributed by atoms with Crippen molar-refractivity contribution in [3.8, 4) is 24.0 Å². The molecule has 0 saturated carbocycles. The Bertz CT molecular complexity index is 764. The van der Waals surface area contributed by atoms with Gasteiger partial charge < -0.3 is 10.1 Å². The van der Waals surface area contributed by atoms with Gasteiger partial charge in [0.25, 0.3) is 0 Å². The lowest BCUT2D eigenvalue weighted by Gasteiger charge is -2.36. The van der Waals surface area contributed by atoms with E-state index in [2.05, 4.69) is 41.6 Å². The standard InChI is InChI=1S/C20H21N3O2/c1-4-14(2)19-17(11-16-7-8-18(19)23-16)20(12-21,13-22)9-5-6-10-25-15(3)24/h11,16,18-19,23H,1,7-10H2,2-3H3/t16-,18+,19-/m1/s1. The Kier molecular flexibility index (Phi) is 5.84. The summed E-state index contributed by atoms with van der Waals surface area (Å²) in [5.41, 5.74) is 3.32. The van der Waals surface area contributed by atoms with Crippen LogP contribution in [-0.4, -0.2) is 24.7 Å². The minimum Gasteiger partial charge on any atom is -0.453 e. The first-order valence-electron chi connectivity index (χ1n) is 8.23. The van der Waals surface area contributed by atoms with Gasteiger partial charge in [-0.05, 0) is 30.9 Å². The van der Waals surface area contributed by atoms with Gasteiger partial charge in [0.15, 0.2) is 12.0 Å². The highest BCUT2D eigenvalue weighted by Gasteiger charge is 2.46. The summed E-state index contributed by atoms with van der Waals surface area (Å²) in [4.78, 5) is 10.8. The van der Waals surface area contributed by atoms with Gasteiger partial charge in [-0.1, -0.05) is 24.5 Å². The second-order valence-corrected chi connectivity index (χ2v) is 6.36. The molecule has 3 atom stereocenters. The molecular formula is C20H21N3O2. The number of hydrogen-bond donors (Lipinski definition) is 1. The largest absolute Gasteiger partial charge is 0.453 e. The molecule has 2 heterocycles. The number of ether oxygens (including phenoxy) is 1. The van der Waals surface area contributed by atoms with E-state index in [0.29, 0.717) is 0 Å². The second kappa shape index (κ2) is 7.87. The normalized spacial score (nSPS) is 23.8. The molecule has 2 aliphatic heterocycles. The first-order valence-corrected chi connectivity index (χ1v) is 8.23. The SMILES string of the molecule is C=C=C(C)[C@@H]1C(C(C#N)(C#N)CC#CCOC(C)=O)=C[C@H]2CC[C@@H]1N2. The fourth-order valence-electron chi connectivity index (χ4n) is 3.50. The maximum absolute atomic E-state index is 10.8. The van der Waals surface area contributed by atoms with Gasteiger partial charge in [-0.2, -0.15) is 10.5 Å². The minimum atomic E-state index is -1.32. The number of nitriles is 2. The summed E-state index contributed by atoms with van der Waals surface area (Å²) in [6.45, 7) is 6.93. The summed E-state index contributed by atoms with van der Waals surface area (Å²) >= 11 is 0. The van der Waals surface area contributed by atoms with Crippen LogP contribution in [0.1, 0.15) is 33.1 Å². The van der Waals surface area contributed by atoms with E-state index in [9.17, 15) is 15.3 Å². The number of carbonyl (C=O) groups is 1. The molecule has 1 N–H and O–H groups in total. The molecule has 2 rings (SSSR count). The fraction of sp³-hybridized carbons (Fsp3) is 0.500. The van der Waals surface area contributed by atoms with Crippen LogP contribution in [0, 0.1) is 45.8 Å². The Labute approximate surface area is 148 Å². The molecule has 5 nitrogen and oxygen atoms in total. The molecule has 0 aromatic heterocycles. The number of hydrogen-bond acceptors (Lipinski definition) is 5. The highest BCUT2D eigenvalue weighted by atomic mass is 16.5. The summed E-state index contributed by atoms with van der Waals surface area (Å²) in [7, 11) is 0. The number of nitrogens with one attached hydrogen (secondary N) is 1. The Morgan fingerprint density at radius 2 is 2.08 bits per heavy atom. The molecule has 5 heteroatoms. The molecule has 0 unspecified atom stereocenters. The van der Waals surface area contributed by atoms with E-state index < -0.39 is 11.4 Å². The number of fused-ring (bicyclic) bond motifs is 2. The Morgan fingerprint density at radius 1 is 1.36 bits per heavy atom. The molecule has 25 heavy (non-hydrogen) atoms. The molecule has 0 amide bonds. The van der Waals surface area contributed by atoms with E-state index in [1.807, 2.05) is 13.0 Å². The van der Waals surface area contributed by atoms with Gasteiger partial charge in [0.05, 0.1) is 12.1 Å². The van der Waals surface area contributed by atoms with E-state index in [1.165, 1.54) is 6.92 Å². The van der Waals surface area contributed by atoms with E-state index in [1.54, 1.807) is 0 Å². The van der Waals surface area contributed by atoms with Crippen LogP contribution in [0.3, 0.4) is 0 Å². The molecule has 2 aliphatic rings. The molecular weight excluding hydrogens is 314 g/mol. The van der Waals surface area contributed by atoms with Crippen molar-refractivity contribution >= 4 is 5.97 Å². The van der Waals surface area contributed by atoms with Crippen LogP contribution in [-0.2, 0) is 9.53 Å². The van der Waals surface area contributed by atoms with Crippen molar-refractivity contribution in [3.05, 3.63) is 29.5 Å². The van der Waals surface area contributed by atoms with Crippen molar-refractivity contribution in [1.29, 1.82) is 10.5 Å². The summed E-state index contributed by atoms with van der Waals surface area (Å²) in [6, 6.07) is 4.74. The van der Waals surface area contributed by atoms with Crippen LogP contribution in [0.25, 0.3) is 0 Å². The lowest BCUT2D eigenvalue weighted by atomic mass is 9.69. The molecule has 128 valence electrons. The topological polar surface area (TPSA) is 85.9 Å². The van der Waals surface area contributed by atoms with E-state index in [4.69, 9.17) is 4.74 Å². The van der Waals surface area contributed by atoms with E-state index in [0.717, 1.165) is 24.0 Å². The lowest BCUT2D eigenvalue weighted by molar-refractivity contribution is -0.139. The zero-order chi connectivity index (χ0) is 18.4. The average molecular weight is 335 g/mol. The quantitative estimate of drug-likeness (QED) is 0.369. The van der Waals surface area contributed by atoms with Crippen molar-refractivity contribution in [2.24, 2.45) is 11.3 Å². The van der Waals surface area contributed by atoms with Gasteiger partial charge in [-0.3, -0.25) is 4.79 Å². The summed E-state index contributed by atoms with van der Waals surface area (Å²) in [6.07, 6.45) is 4.06. The van der Waals surface area contributed by atoms with Crippen LogP contribution in [0.15, 0.2) is 29.5 Å². The van der Waals surface area contributed by atoms with Gasteiger partial charge in [0, 0.05) is 31.3 Å². The summed E-state index contributed by atoms with van der Waals surface area (Å²) in [5, 5.41) is 23.1. The average Bonchev–Trinajstić information content (AvgIpc) is 2.98. The minimum absolute atomic E-state index is 0.0386. The Morgan fingerprint density at radius 3 is 2.68 bits per heavy atom. The van der Waals surface area contributed by atoms with Crippen molar-refractivity contribution in [2.75, 3.05) is 6.61 Å². The molecule has 0 aliphatic carbocycles. The van der Waals surface area contributed by atoms with Gasteiger partial charge in [-0.15, -0.1) is 5.73 Å². The Balaban J connectivity index is 2.34. The molecule has 0 radical (unpaired) electrons. The number of rotatable bonds is 4. The van der Waals surface area contributed by atoms with Gasteiger partial charge >= 0.3 is 5.97 Å². The van der Waals surface area contributed by atoms with Crippen molar-refractivity contribution < 1.29 is 9.53 Å². The monoisotopic (exact) mass is 335 g/mol. The lowest BCUT2D eigenvalue weighted by Crippen LogP contribution is -2.44. The first-order chi connectivity index (χ1) is 12.0. The summed E-state index contributed by atoms with van der Waals surface area (Å²) < 4.78 is 4.76. The Hall–Kier alpha value is -2.77. The summed E-state index contributed by atoms with van der Waals surface area (Å²) in [5.74, 6) is 5.04. The second-order valence-electron chi connectivity index (χ2n) is 6.36. The van der Waals surface area contributed by atoms with Crippen LogP contribution in [0.4, 0.5) is 0 Å². The predicted octanol–water partition coefficient (Wildman–Crippen LogP) is 2.38. The van der Waals surface area contributed by atoms with Crippen LogP contribution >= 0.6 is 0 Å². The number of nitrogens with zero attached hydrogens (tertiary/aromatic N) is 2. The van der Waals surface area contributed by atoms with Crippen molar-refractivity contribution in [2.45, 2.75) is 45.2 Å². The zero-order valence-electron chi connectivity index (χ0n) is 14.6. The highest BCUT2D eigenvalue weighted by Crippen LogP contribution is 2.45. The maximum Gasteiger partial charge on any atom is 0.303 e. The van der Waals surface area contributed by atoms with Gasteiger partial charge in [0.2, 0.25) is 0 Å². The molecule has 1 saturated heterocycles. The van der Waals surface area contributed by atoms with Crippen molar-refractivity contribution in [3.63, 3.8) is 0 Å². The number of esters is 1. The van der Waals surface area contributed by atoms with Crippen LogP contribution in [0.2, 0.25) is 0 Å². The van der Waals surface area contributed by atoms with Crippen molar-refractivity contribution in [1.82, 2.24) is 5.32 Å². The van der Waals surface area contributed by atoms with E-state index >= 15 is 0 Å². The van der Waals surface area contributed by atoms with E-state index in [-0.39, 0.29) is 31.0 Å². The van der Waals surface area contributed by atoms with Crippen LogP contribution < -0.4 is 5.32 Å². The molecule has 2 bridgehead atoms. The first kappa shape index (κ1) is 18.6. The number of carbonyl (C=O) groups excluding carboxylic acids is 1. The third-order valence-corrected chi connectivity index (χ3v) is 4.78. The third kappa shape index (κ3) is 3.84. The smallest absolute Gasteiger partial charge is 0.303 e. The predicted molar refractivity (Wildman–Crippen MR) is 92.5 cm³/mol. The van der Waals surface area contributed by atoms with Crippen LogP contribution in [0.5, 0.6) is 0 Å². The molecule has 0 aromatic carbocycles. The molecule has 1 fully saturated rings. The van der Waals surface area contributed by atoms with Gasteiger partial charge in [0.1, 0.15) is 0 Å². The fourth-order valence-corrected chi connectivity index (χ4v) is 3.50. The molecule has 0 spiro atoms. The zero-order valence-corrected chi connectivity index (χ0v) is 14.6. The van der Waals surface area contributed by atoms with Gasteiger partial charge in [-0.25, -0.2) is 0 Å². The maximum atomic E-state index is 10.8. The molecule has 0 aromatic rings. The highest BCUT2D eigenvalue weighted by molar-refractivity contribution is 5.66.